The largest absolute Gasteiger partial charge is 0.381 e. The number of amides is 2. The van der Waals surface area contributed by atoms with Crippen LogP contribution in [0, 0.1) is 0 Å². The Morgan fingerprint density at radius 1 is 1.35 bits per heavy atom. The highest BCUT2D eigenvalue weighted by atomic mass is 35.5. The molecule has 0 atom stereocenters. The molecule has 1 aromatic carbocycles. The fraction of sp³-hybridized carbons (Fsp3) is 0.278. The molecule has 0 fully saturated rings. The van der Waals surface area contributed by atoms with Crippen LogP contribution in [0.4, 0.5) is 5.69 Å². The molecule has 0 saturated heterocycles. The molecule has 1 aromatic heterocycles. The van der Waals surface area contributed by atoms with Crippen LogP contribution >= 0.6 is 11.6 Å². The van der Waals surface area contributed by atoms with Gasteiger partial charge in [-0.25, -0.2) is 4.98 Å². The summed E-state index contributed by atoms with van der Waals surface area (Å²) in [6.07, 6.45) is 4.69. The molecular weight excluding hydrogens is 356 g/mol. The van der Waals surface area contributed by atoms with Gasteiger partial charge in [-0.2, -0.15) is 0 Å². The van der Waals surface area contributed by atoms with Gasteiger partial charge in [0.05, 0.1) is 30.1 Å². The molecular formula is C18H19ClN4O3. The maximum atomic E-state index is 12.6. The monoisotopic (exact) mass is 374 g/mol. The molecule has 1 aliphatic heterocycles. The van der Waals surface area contributed by atoms with Gasteiger partial charge in [0.25, 0.3) is 5.91 Å². The van der Waals surface area contributed by atoms with Crippen molar-refractivity contribution in [3.05, 3.63) is 59.2 Å². The van der Waals surface area contributed by atoms with E-state index in [1.807, 2.05) is 4.57 Å². The van der Waals surface area contributed by atoms with Gasteiger partial charge in [0.15, 0.2) is 0 Å². The molecule has 2 amide bonds. The lowest BCUT2D eigenvalue weighted by Crippen LogP contribution is -2.38. The SMILES string of the molecule is COC/C=C/C(=O)N1CCn2c(C(=O)Nc3ccccc3Cl)cnc2C1. The zero-order valence-electron chi connectivity index (χ0n) is 14.3. The molecule has 7 nitrogen and oxygen atoms in total. The Kier molecular flexibility index (Phi) is 5.70. The van der Waals surface area contributed by atoms with E-state index in [9.17, 15) is 9.59 Å². The number of fused-ring (bicyclic) bond motifs is 1. The molecule has 0 radical (unpaired) electrons. The Bertz CT molecular complexity index is 847. The van der Waals surface area contributed by atoms with Crippen LogP contribution in [0.3, 0.4) is 0 Å². The highest BCUT2D eigenvalue weighted by Gasteiger charge is 2.24. The van der Waals surface area contributed by atoms with Crippen LogP contribution in [0.1, 0.15) is 16.3 Å². The third-order valence-corrected chi connectivity index (χ3v) is 4.38. The highest BCUT2D eigenvalue weighted by molar-refractivity contribution is 6.33. The van der Waals surface area contributed by atoms with Gasteiger partial charge in [-0.15, -0.1) is 0 Å². The van der Waals surface area contributed by atoms with Crippen LogP contribution in [0.2, 0.25) is 5.02 Å². The first-order valence-electron chi connectivity index (χ1n) is 8.15. The number of ether oxygens (including phenoxy) is 1. The van der Waals surface area contributed by atoms with Crippen molar-refractivity contribution in [3.63, 3.8) is 0 Å². The van der Waals surface area contributed by atoms with Crippen molar-refractivity contribution in [1.29, 1.82) is 0 Å². The number of anilines is 1. The van der Waals surface area contributed by atoms with Crippen molar-refractivity contribution in [2.45, 2.75) is 13.1 Å². The average Bonchev–Trinajstić information content (AvgIpc) is 3.07. The Labute approximate surface area is 156 Å². The molecule has 26 heavy (non-hydrogen) atoms. The van der Waals surface area contributed by atoms with Gasteiger partial charge in [-0.05, 0) is 12.1 Å². The second-order valence-corrected chi connectivity index (χ2v) is 6.17. The van der Waals surface area contributed by atoms with Crippen molar-refractivity contribution >= 4 is 29.1 Å². The number of methoxy groups -OCH3 is 1. The summed E-state index contributed by atoms with van der Waals surface area (Å²) in [4.78, 5) is 30.7. The summed E-state index contributed by atoms with van der Waals surface area (Å²) in [5.41, 5.74) is 0.993. The predicted octanol–water partition coefficient (Wildman–Crippen LogP) is 2.33. The summed E-state index contributed by atoms with van der Waals surface area (Å²) in [5.74, 6) is 0.295. The molecule has 2 heterocycles. The second-order valence-electron chi connectivity index (χ2n) is 5.76. The minimum Gasteiger partial charge on any atom is -0.381 e. The molecule has 0 aliphatic carbocycles. The number of imidazole rings is 1. The summed E-state index contributed by atoms with van der Waals surface area (Å²) in [6, 6.07) is 7.05. The van der Waals surface area contributed by atoms with Crippen LogP contribution in [-0.4, -0.2) is 46.5 Å². The smallest absolute Gasteiger partial charge is 0.273 e. The van der Waals surface area contributed by atoms with E-state index in [1.54, 1.807) is 42.4 Å². The fourth-order valence-corrected chi connectivity index (χ4v) is 2.91. The number of nitrogens with zero attached hydrogens (tertiary/aromatic N) is 3. The Morgan fingerprint density at radius 3 is 2.92 bits per heavy atom. The van der Waals surface area contributed by atoms with E-state index < -0.39 is 0 Å². The topological polar surface area (TPSA) is 76.5 Å². The van der Waals surface area contributed by atoms with Gasteiger partial charge in [-0.1, -0.05) is 29.8 Å². The normalized spacial score (nSPS) is 13.7. The molecule has 136 valence electrons. The minimum absolute atomic E-state index is 0.0987. The Morgan fingerprint density at radius 2 is 2.15 bits per heavy atom. The number of halogens is 1. The van der Waals surface area contributed by atoms with Crippen LogP contribution in [0.5, 0.6) is 0 Å². The first-order valence-corrected chi connectivity index (χ1v) is 8.52. The third-order valence-electron chi connectivity index (χ3n) is 4.05. The van der Waals surface area contributed by atoms with Gasteiger partial charge in [0.1, 0.15) is 11.5 Å². The number of benzene rings is 1. The Hall–Kier alpha value is -2.64. The quantitative estimate of drug-likeness (QED) is 0.815. The van der Waals surface area contributed by atoms with E-state index in [0.29, 0.717) is 48.5 Å². The van der Waals surface area contributed by atoms with Crippen LogP contribution in [0.25, 0.3) is 0 Å². The fourth-order valence-electron chi connectivity index (χ4n) is 2.73. The maximum Gasteiger partial charge on any atom is 0.273 e. The summed E-state index contributed by atoms with van der Waals surface area (Å²) in [7, 11) is 1.57. The molecule has 1 N–H and O–H groups in total. The lowest BCUT2D eigenvalue weighted by Gasteiger charge is -2.27. The lowest BCUT2D eigenvalue weighted by molar-refractivity contribution is -0.127. The number of carbonyl (C=O) groups is 2. The van der Waals surface area contributed by atoms with E-state index in [2.05, 4.69) is 10.3 Å². The van der Waals surface area contributed by atoms with Gasteiger partial charge in [0, 0.05) is 26.3 Å². The van der Waals surface area contributed by atoms with Gasteiger partial charge in [-0.3, -0.25) is 9.59 Å². The van der Waals surface area contributed by atoms with Crippen molar-refractivity contribution in [1.82, 2.24) is 14.5 Å². The summed E-state index contributed by atoms with van der Waals surface area (Å²) >= 11 is 6.08. The second kappa shape index (κ2) is 8.16. The van der Waals surface area contributed by atoms with E-state index in [1.165, 1.54) is 12.3 Å². The number of hydrogen-bond acceptors (Lipinski definition) is 4. The summed E-state index contributed by atoms with van der Waals surface area (Å²) < 4.78 is 6.72. The van der Waals surface area contributed by atoms with Crippen LogP contribution in [-0.2, 0) is 22.6 Å². The molecule has 0 unspecified atom stereocenters. The van der Waals surface area contributed by atoms with E-state index >= 15 is 0 Å². The van der Waals surface area contributed by atoms with E-state index in [0.717, 1.165) is 0 Å². The van der Waals surface area contributed by atoms with E-state index in [-0.39, 0.29) is 11.8 Å². The van der Waals surface area contributed by atoms with Crippen molar-refractivity contribution in [3.8, 4) is 0 Å². The molecule has 0 spiro atoms. The number of rotatable bonds is 5. The minimum atomic E-state index is -0.281. The highest BCUT2D eigenvalue weighted by Crippen LogP contribution is 2.22. The first-order chi connectivity index (χ1) is 12.6. The third kappa shape index (κ3) is 3.95. The average molecular weight is 375 g/mol. The van der Waals surface area contributed by atoms with E-state index in [4.69, 9.17) is 16.3 Å². The zero-order valence-corrected chi connectivity index (χ0v) is 15.1. The molecule has 0 bridgehead atoms. The van der Waals surface area contributed by atoms with Crippen molar-refractivity contribution in [2.24, 2.45) is 0 Å². The van der Waals surface area contributed by atoms with Gasteiger partial charge < -0.3 is 19.5 Å². The number of nitrogens with one attached hydrogen (secondary N) is 1. The predicted molar refractivity (Wildman–Crippen MR) is 98.1 cm³/mol. The number of hydrogen-bond donors (Lipinski definition) is 1. The Balaban J connectivity index is 1.70. The molecule has 3 rings (SSSR count). The molecule has 0 saturated carbocycles. The lowest BCUT2D eigenvalue weighted by atomic mass is 10.3. The maximum absolute atomic E-state index is 12.6. The van der Waals surface area contributed by atoms with Crippen molar-refractivity contribution in [2.75, 3.05) is 25.6 Å². The first kappa shape index (κ1) is 18.2. The summed E-state index contributed by atoms with van der Waals surface area (Å²) in [6.45, 7) is 1.76. The standard InChI is InChI=1S/C18H19ClN4O3/c1-26-10-4-7-17(24)22-8-9-23-15(11-20-16(23)12-22)18(25)21-14-6-3-2-5-13(14)19/h2-7,11H,8-10,12H2,1H3,(H,21,25)/b7-4+. The van der Waals surface area contributed by atoms with Crippen LogP contribution in [0.15, 0.2) is 42.6 Å². The molecule has 2 aromatic rings. The van der Waals surface area contributed by atoms with Crippen molar-refractivity contribution < 1.29 is 14.3 Å². The summed E-state index contributed by atoms with van der Waals surface area (Å²) in [5, 5.41) is 3.26. The molecule has 8 heteroatoms. The molecule has 1 aliphatic rings. The van der Waals surface area contributed by atoms with Gasteiger partial charge in [0.2, 0.25) is 5.91 Å². The zero-order chi connectivity index (χ0) is 18.5. The number of aromatic nitrogens is 2. The number of para-hydroxylation sites is 1. The number of carbonyl (C=O) groups excluding carboxylic acids is 2. The van der Waals surface area contributed by atoms with Crippen LogP contribution < -0.4 is 5.32 Å². The van der Waals surface area contributed by atoms with Gasteiger partial charge >= 0.3 is 0 Å².